The van der Waals surface area contributed by atoms with Gasteiger partial charge in [0, 0.05) is 35.4 Å². The molecular weight excluding hydrogens is 507 g/mol. The van der Waals surface area contributed by atoms with Crippen LogP contribution in [0.3, 0.4) is 0 Å². The van der Waals surface area contributed by atoms with E-state index in [1.165, 1.54) is 6.07 Å². The lowest BCUT2D eigenvalue weighted by Gasteiger charge is -2.25. The first-order chi connectivity index (χ1) is 19.5. The number of nitrogens with zero attached hydrogens (tertiary/aromatic N) is 4. The molecule has 5 rings (SSSR count). The van der Waals surface area contributed by atoms with E-state index in [0.29, 0.717) is 45.5 Å². The van der Waals surface area contributed by atoms with E-state index in [2.05, 4.69) is 45.8 Å². The molecule has 2 heterocycles. The third kappa shape index (κ3) is 5.81. The van der Waals surface area contributed by atoms with Crippen LogP contribution in [0.25, 0.3) is 22.3 Å². The molecule has 0 unspecified atom stereocenters. The Bertz CT molecular complexity index is 1590. The summed E-state index contributed by atoms with van der Waals surface area (Å²) < 4.78 is 32.0. The molecule has 3 aromatic carbocycles. The molecule has 8 heteroatoms. The maximum atomic E-state index is 15.2. The maximum absolute atomic E-state index is 15.2. The number of aromatic nitrogens is 3. The van der Waals surface area contributed by atoms with Crippen LogP contribution in [0.4, 0.5) is 15.8 Å². The summed E-state index contributed by atoms with van der Waals surface area (Å²) in [5.74, 6) is 2.06. The van der Waals surface area contributed by atoms with E-state index in [1.54, 1.807) is 63.1 Å². The molecule has 0 saturated carbocycles. The van der Waals surface area contributed by atoms with E-state index in [4.69, 9.17) is 14.2 Å². The second-order valence-electron chi connectivity index (χ2n) is 9.72. The molecule has 0 atom stereocenters. The molecule has 0 radical (unpaired) electrons. The Morgan fingerprint density at radius 1 is 0.775 bits per heavy atom. The highest BCUT2D eigenvalue weighted by Crippen LogP contribution is 2.38. The van der Waals surface area contributed by atoms with Gasteiger partial charge in [0.25, 0.3) is 0 Å². The van der Waals surface area contributed by atoms with Gasteiger partial charge in [0.05, 0.1) is 37.8 Å². The number of para-hydroxylation sites is 1. The second kappa shape index (κ2) is 12.0. The quantitative estimate of drug-likeness (QED) is 0.179. The van der Waals surface area contributed by atoms with Crippen LogP contribution in [0.2, 0.25) is 0 Å². The summed E-state index contributed by atoms with van der Waals surface area (Å²) in [4.78, 5) is 15.7. The lowest BCUT2D eigenvalue weighted by molar-refractivity contribution is 0.355. The van der Waals surface area contributed by atoms with Crippen LogP contribution in [0, 0.1) is 11.7 Å². The highest BCUT2D eigenvalue weighted by atomic mass is 19.1. The van der Waals surface area contributed by atoms with Crippen molar-refractivity contribution in [3.05, 3.63) is 91.1 Å². The number of benzene rings is 3. The Morgan fingerprint density at radius 3 is 2.17 bits per heavy atom. The predicted molar refractivity (Wildman–Crippen MR) is 155 cm³/mol. The monoisotopic (exact) mass is 538 g/mol. The molecule has 0 aliphatic rings. The molecule has 0 aliphatic carbocycles. The van der Waals surface area contributed by atoms with E-state index < -0.39 is 5.82 Å². The highest BCUT2D eigenvalue weighted by Gasteiger charge is 2.15. The number of pyridine rings is 1. The average Bonchev–Trinajstić information content (AvgIpc) is 2.98. The van der Waals surface area contributed by atoms with Crippen LogP contribution in [0.1, 0.15) is 20.3 Å². The van der Waals surface area contributed by atoms with Gasteiger partial charge >= 0.3 is 0 Å². The summed E-state index contributed by atoms with van der Waals surface area (Å²) in [7, 11) is 3.11. The lowest BCUT2D eigenvalue weighted by Crippen LogP contribution is -2.20. The van der Waals surface area contributed by atoms with Crippen molar-refractivity contribution in [2.45, 2.75) is 20.3 Å². The van der Waals surface area contributed by atoms with E-state index in [-0.39, 0.29) is 5.75 Å². The van der Waals surface area contributed by atoms with E-state index >= 15 is 4.39 Å². The van der Waals surface area contributed by atoms with Gasteiger partial charge in [0.1, 0.15) is 5.75 Å². The predicted octanol–water partition coefficient (Wildman–Crippen LogP) is 7.82. The topological polar surface area (TPSA) is 69.6 Å². The summed E-state index contributed by atoms with van der Waals surface area (Å²) in [6, 6.07) is 20.1. The first-order valence-corrected chi connectivity index (χ1v) is 13.1. The molecule has 204 valence electrons. The fourth-order valence-corrected chi connectivity index (χ4v) is 4.39. The summed E-state index contributed by atoms with van der Waals surface area (Å²) >= 11 is 0. The molecule has 0 N–H and O–H groups in total. The van der Waals surface area contributed by atoms with Crippen LogP contribution in [0.15, 0.2) is 85.3 Å². The van der Waals surface area contributed by atoms with E-state index in [0.717, 1.165) is 24.3 Å². The van der Waals surface area contributed by atoms with Crippen LogP contribution < -0.4 is 19.1 Å². The van der Waals surface area contributed by atoms with Crippen molar-refractivity contribution in [3.8, 4) is 34.4 Å². The third-order valence-electron chi connectivity index (χ3n) is 6.56. The van der Waals surface area contributed by atoms with Gasteiger partial charge in [-0.25, -0.2) is 14.4 Å². The van der Waals surface area contributed by atoms with Gasteiger partial charge in [-0.2, -0.15) is 0 Å². The molecule has 0 saturated heterocycles. The number of halogens is 1. The normalized spacial score (nSPS) is 11.1. The number of methoxy groups -OCH3 is 2. The highest BCUT2D eigenvalue weighted by molar-refractivity contribution is 5.88. The largest absolute Gasteiger partial charge is 0.493 e. The van der Waals surface area contributed by atoms with Gasteiger partial charge in [-0.05, 0) is 54.8 Å². The van der Waals surface area contributed by atoms with Crippen molar-refractivity contribution >= 4 is 22.3 Å². The number of ether oxygens (including phenoxy) is 3. The molecule has 5 aromatic rings. The first kappa shape index (κ1) is 26.9. The molecule has 7 nitrogen and oxygen atoms in total. The molecule has 0 amide bonds. The Morgan fingerprint density at radius 2 is 1.50 bits per heavy atom. The van der Waals surface area contributed by atoms with Crippen molar-refractivity contribution in [1.82, 2.24) is 15.0 Å². The van der Waals surface area contributed by atoms with Crippen LogP contribution in [-0.4, -0.2) is 35.7 Å². The van der Waals surface area contributed by atoms with Gasteiger partial charge in [-0.3, -0.25) is 4.98 Å². The zero-order chi connectivity index (χ0) is 28.1. The maximum Gasteiger partial charge on any atom is 0.166 e. The fourth-order valence-electron chi connectivity index (χ4n) is 4.39. The molecule has 0 bridgehead atoms. The minimum Gasteiger partial charge on any atom is -0.493 e. The summed E-state index contributed by atoms with van der Waals surface area (Å²) in [6.07, 6.45) is 6.19. The van der Waals surface area contributed by atoms with Gasteiger partial charge in [0.15, 0.2) is 28.9 Å². The zero-order valence-corrected chi connectivity index (χ0v) is 23.0. The SMILES string of the molecule is COc1cc2nccc(Oc3ccc(-c4ncc(N(CCC(C)C)c5ccccc5)cn4)cc3F)c2cc1OC. The standard InChI is InChI=1S/C32H31FN4O3/c1-21(2)13-15-37(23-8-6-5-7-9-23)24-19-35-32(36-20-24)22-10-11-29(26(33)16-22)40-28-12-14-34-27-18-31(39-4)30(38-3)17-25(27)28/h5-12,14,16-21H,13,15H2,1-4H3. The van der Waals surface area contributed by atoms with Crippen molar-refractivity contribution < 1.29 is 18.6 Å². The van der Waals surface area contributed by atoms with Crippen LogP contribution >= 0.6 is 0 Å². The van der Waals surface area contributed by atoms with E-state index in [1.807, 2.05) is 18.2 Å². The number of hydrogen-bond donors (Lipinski definition) is 0. The Kier molecular flexibility index (Phi) is 8.05. The van der Waals surface area contributed by atoms with Crippen LogP contribution in [0.5, 0.6) is 23.0 Å². The van der Waals surface area contributed by atoms with Crippen molar-refractivity contribution in [1.29, 1.82) is 0 Å². The number of rotatable bonds is 10. The third-order valence-corrected chi connectivity index (χ3v) is 6.56. The van der Waals surface area contributed by atoms with Crippen molar-refractivity contribution in [3.63, 3.8) is 0 Å². The smallest absolute Gasteiger partial charge is 0.166 e. The molecule has 0 aliphatic heterocycles. The summed E-state index contributed by atoms with van der Waals surface area (Å²) in [5.41, 5.74) is 3.15. The minimum atomic E-state index is -0.529. The summed E-state index contributed by atoms with van der Waals surface area (Å²) in [5, 5.41) is 0.669. The number of fused-ring (bicyclic) bond motifs is 1. The van der Waals surface area contributed by atoms with Gasteiger partial charge in [-0.1, -0.05) is 32.0 Å². The minimum absolute atomic E-state index is 0.0755. The van der Waals surface area contributed by atoms with Crippen molar-refractivity contribution in [2.75, 3.05) is 25.7 Å². The molecule has 2 aromatic heterocycles. The molecule has 0 spiro atoms. The fraction of sp³-hybridized carbons (Fsp3) is 0.219. The molecule has 40 heavy (non-hydrogen) atoms. The van der Waals surface area contributed by atoms with E-state index in [9.17, 15) is 0 Å². The molecule has 0 fully saturated rings. The van der Waals surface area contributed by atoms with Crippen LogP contribution in [-0.2, 0) is 0 Å². The summed E-state index contributed by atoms with van der Waals surface area (Å²) in [6.45, 7) is 5.25. The average molecular weight is 539 g/mol. The van der Waals surface area contributed by atoms with Gasteiger partial charge in [-0.15, -0.1) is 0 Å². The van der Waals surface area contributed by atoms with Gasteiger partial charge < -0.3 is 19.1 Å². The lowest BCUT2D eigenvalue weighted by atomic mass is 10.1. The Hall–Kier alpha value is -4.72. The number of anilines is 2. The number of hydrogen-bond acceptors (Lipinski definition) is 7. The van der Waals surface area contributed by atoms with Gasteiger partial charge in [0.2, 0.25) is 0 Å². The Balaban J connectivity index is 1.39. The Labute approximate surface area is 233 Å². The molecular formula is C32H31FN4O3. The van der Waals surface area contributed by atoms with Crippen molar-refractivity contribution in [2.24, 2.45) is 5.92 Å². The first-order valence-electron chi connectivity index (χ1n) is 13.1. The second-order valence-corrected chi connectivity index (χ2v) is 9.72. The zero-order valence-electron chi connectivity index (χ0n) is 23.0.